The lowest BCUT2D eigenvalue weighted by atomic mass is 10.1. The summed E-state index contributed by atoms with van der Waals surface area (Å²) in [5, 5.41) is 0. The molecule has 2 amide bonds. The quantitative estimate of drug-likeness (QED) is 0.814. The zero-order valence-electron chi connectivity index (χ0n) is 14.5. The Hall–Kier alpha value is -2.67. The predicted octanol–water partition coefficient (Wildman–Crippen LogP) is 2.44. The molecule has 26 heavy (non-hydrogen) atoms. The van der Waals surface area contributed by atoms with E-state index in [1.165, 1.54) is 18.2 Å². The minimum atomic E-state index is -3.92. The summed E-state index contributed by atoms with van der Waals surface area (Å²) < 4.78 is 26.3. The van der Waals surface area contributed by atoms with Crippen LogP contribution in [-0.2, 0) is 16.4 Å². The standard InChI is InChI=1S/C19H18N2O4S/c1-12(2)21-19(23)15-8-7-14(11-17(15)26(21,24)25)18(22)20-10-9-13-5-3-4-6-16(13)20/h3-8,11-12H,9-10H2,1-2H3. The molecule has 0 aromatic heterocycles. The molecule has 134 valence electrons. The second-order valence-corrected chi connectivity index (χ2v) is 8.53. The normalized spacial score (nSPS) is 17.6. The van der Waals surface area contributed by atoms with Crippen molar-refractivity contribution in [3.8, 4) is 0 Å². The van der Waals surface area contributed by atoms with Gasteiger partial charge in [0.25, 0.3) is 21.8 Å². The second-order valence-electron chi connectivity index (χ2n) is 6.75. The maximum Gasteiger partial charge on any atom is 0.269 e. The molecule has 0 aliphatic carbocycles. The van der Waals surface area contributed by atoms with Crippen LogP contribution in [0, 0.1) is 0 Å². The van der Waals surface area contributed by atoms with Gasteiger partial charge in [0.1, 0.15) is 4.90 Å². The molecule has 7 heteroatoms. The van der Waals surface area contributed by atoms with Gasteiger partial charge in [0.15, 0.2) is 0 Å². The van der Waals surface area contributed by atoms with E-state index in [9.17, 15) is 18.0 Å². The van der Waals surface area contributed by atoms with Gasteiger partial charge < -0.3 is 4.90 Å². The largest absolute Gasteiger partial charge is 0.308 e. The summed E-state index contributed by atoms with van der Waals surface area (Å²) in [5.41, 5.74) is 2.33. The molecule has 2 aromatic carbocycles. The molecule has 2 aromatic rings. The Morgan fingerprint density at radius 3 is 2.58 bits per heavy atom. The van der Waals surface area contributed by atoms with Crippen LogP contribution in [0.4, 0.5) is 5.69 Å². The zero-order chi connectivity index (χ0) is 18.6. The highest BCUT2D eigenvalue weighted by atomic mass is 32.2. The van der Waals surface area contributed by atoms with Crippen LogP contribution < -0.4 is 4.90 Å². The summed E-state index contributed by atoms with van der Waals surface area (Å²) in [7, 11) is -3.92. The topological polar surface area (TPSA) is 74.8 Å². The first-order chi connectivity index (χ1) is 12.3. The fourth-order valence-electron chi connectivity index (χ4n) is 3.60. The van der Waals surface area contributed by atoms with Gasteiger partial charge >= 0.3 is 0 Å². The molecule has 0 saturated heterocycles. The highest BCUT2D eigenvalue weighted by Gasteiger charge is 2.43. The van der Waals surface area contributed by atoms with Crippen molar-refractivity contribution in [1.29, 1.82) is 0 Å². The average molecular weight is 370 g/mol. The lowest BCUT2D eigenvalue weighted by Gasteiger charge is -2.19. The lowest BCUT2D eigenvalue weighted by molar-refractivity contribution is 0.0845. The molecule has 0 radical (unpaired) electrons. The Labute approximate surface area is 152 Å². The number of carbonyl (C=O) groups is 2. The van der Waals surface area contributed by atoms with Crippen LogP contribution >= 0.6 is 0 Å². The van der Waals surface area contributed by atoms with Crippen molar-refractivity contribution in [2.75, 3.05) is 11.4 Å². The molecule has 0 N–H and O–H groups in total. The number of anilines is 1. The Kier molecular flexibility index (Phi) is 3.66. The number of hydrogen-bond donors (Lipinski definition) is 0. The van der Waals surface area contributed by atoms with Crippen molar-refractivity contribution >= 4 is 27.5 Å². The van der Waals surface area contributed by atoms with Gasteiger partial charge in [-0.2, -0.15) is 0 Å². The van der Waals surface area contributed by atoms with Crippen molar-refractivity contribution < 1.29 is 18.0 Å². The van der Waals surface area contributed by atoms with Gasteiger partial charge in [-0.3, -0.25) is 9.59 Å². The van der Waals surface area contributed by atoms with Gasteiger partial charge in [-0.1, -0.05) is 18.2 Å². The highest BCUT2D eigenvalue weighted by molar-refractivity contribution is 7.90. The first-order valence-electron chi connectivity index (χ1n) is 8.45. The Morgan fingerprint density at radius 1 is 1.12 bits per heavy atom. The van der Waals surface area contributed by atoms with E-state index >= 15 is 0 Å². The summed E-state index contributed by atoms with van der Waals surface area (Å²) in [6.07, 6.45) is 0.769. The number of hydrogen-bond acceptors (Lipinski definition) is 4. The molecule has 0 fully saturated rings. The minimum Gasteiger partial charge on any atom is -0.308 e. The van der Waals surface area contributed by atoms with Gasteiger partial charge in [0, 0.05) is 23.8 Å². The van der Waals surface area contributed by atoms with Crippen molar-refractivity contribution in [1.82, 2.24) is 4.31 Å². The van der Waals surface area contributed by atoms with Crippen LogP contribution in [0.1, 0.15) is 40.1 Å². The Bertz CT molecular complexity index is 1040. The zero-order valence-corrected chi connectivity index (χ0v) is 15.3. The molecule has 2 aliphatic heterocycles. The molecule has 6 nitrogen and oxygen atoms in total. The third-order valence-corrected chi connectivity index (χ3v) is 6.80. The molecule has 2 aliphatic rings. The van der Waals surface area contributed by atoms with Crippen molar-refractivity contribution in [2.24, 2.45) is 0 Å². The molecule has 2 heterocycles. The van der Waals surface area contributed by atoms with E-state index in [2.05, 4.69) is 0 Å². The molecule has 0 spiro atoms. The van der Waals surface area contributed by atoms with E-state index in [-0.39, 0.29) is 21.9 Å². The first kappa shape index (κ1) is 16.8. The van der Waals surface area contributed by atoms with Gasteiger partial charge in [-0.25, -0.2) is 12.7 Å². The maximum atomic E-state index is 13.0. The van der Waals surface area contributed by atoms with E-state index in [0.717, 1.165) is 22.0 Å². The van der Waals surface area contributed by atoms with Crippen LogP contribution in [0.5, 0.6) is 0 Å². The highest BCUT2D eigenvalue weighted by Crippen LogP contribution is 2.34. The third-order valence-electron chi connectivity index (χ3n) is 4.80. The van der Waals surface area contributed by atoms with E-state index < -0.39 is 22.0 Å². The summed E-state index contributed by atoms with van der Waals surface area (Å²) in [6.45, 7) is 3.85. The van der Waals surface area contributed by atoms with Gasteiger partial charge in [-0.15, -0.1) is 0 Å². The molecule has 0 atom stereocenters. The van der Waals surface area contributed by atoms with Gasteiger partial charge in [-0.05, 0) is 50.1 Å². The number of rotatable bonds is 2. The molecule has 0 saturated carbocycles. The number of benzene rings is 2. The van der Waals surface area contributed by atoms with Crippen LogP contribution in [0.3, 0.4) is 0 Å². The summed E-state index contributed by atoms with van der Waals surface area (Å²) in [4.78, 5) is 26.9. The minimum absolute atomic E-state index is 0.0884. The molecule has 0 bridgehead atoms. The molecular weight excluding hydrogens is 352 g/mol. The summed E-state index contributed by atoms with van der Waals surface area (Å²) in [6, 6.07) is 11.5. The SMILES string of the molecule is CC(C)N1C(=O)c2ccc(C(=O)N3CCc4ccccc43)cc2S1(=O)=O. The number of carbonyl (C=O) groups excluding carboxylic acids is 2. The van der Waals surface area contributed by atoms with E-state index in [1.807, 2.05) is 24.3 Å². The Morgan fingerprint density at radius 2 is 1.85 bits per heavy atom. The Balaban J connectivity index is 1.75. The molecule has 4 rings (SSSR count). The fourth-order valence-corrected chi connectivity index (χ4v) is 5.39. The van der Waals surface area contributed by atoms with Crippen molar-refractivity contribution in [3.05, 3.63) is 59.2 Å². The van der Waals surface area contributed by atoms with Crippen LogP contribution in [0.25, 0.3) is 0 Å². The summed E-state index contributed by atoms with van der Waals surface area (Å²) >= 11 is 0. The van der Waals surface area contributed by atoms with E-state index in [1.54, 1.807) is 18.7 Å². The van der Waals surface area contributed by atoms with Crippen molar-refractivity contribution in [3.63, 3.8) is 0 Å². The van der Waals surface area contributed by atoms with Crippen LogP contribution in [0.15, 0.2) is 47.4 Å². The lowest BCUT2D eigenvalue weighted by Crippen LogP contribution is -2.36. The van der Waals surface area contributed by atoms with Gasteiger partial charge in [0.2, 0.25) is 0 Å². The maximum absolute atomic E-state index is 13.0. The van der Waals surface area contributed by atoms with Crippen LogP contribution in [0.2, 0.25) is 0 Å². The van der Waals surface area contributed by atoms with Crippen LogP contribution in [-0.4, -0.2) is 37.1 Å². The number of nitrogens with zero attached hydrogens (tertiary/aromatic N) is 2. The monoisotopic (exact) mass is 370 g/mol. The van der Waals surface area contributed by atoms with Gasteiger partial charge in [0.05, 0.1) is 5.56 Å². The van der Waals surface area contributed by atoms with E-state index in [0.29, 0.717) is 6.54 Å². The first-order valence-corrected chi connectivity index (χ1v) is 9.89. The average Bonchev–Trinajstić information content (AvgIpc) is 3.11. The molecular formula is C19H18N2O4S. The number of sulfonamides is 1. The van der Waals surface area contributed by atoms with Crippen molar-refractivity contribution in [2.45, 2.75) is 31.2 Å². The fraction of sp³-hybridized carbons (Fsp3) is 0.263. The molecule has 0 unspecified atom stereocenters. The summed E-state index contributed by atoms with van der Waals surface area (Å²) in [5.74, 6) is -0.802. The number of fused-ring (bicyclic) bond motifs is 2. The second kappa shape index (κ2) is 5.67. The predicted molar refractivity (Wildman–Crippen MR) is 96.8 cm³/mol. The number of amides is 2. The number of para-hydroxylation sites is 1. The third kappa shape index (κ3) is 2.27. The van der Waals surface area contributed by atoms with E-state index in [4.69, 9.17) is 0 Å². The smallest absolute Gasteiger partial charge is 0.269 e.